The highest BCUT2D eigenvalue weighted by Crippen LogP contribution is 2.17. The highest BCUT2D eigenvalue weighted by Gasteiger charge is 2.03. The molecule has 3 rings (SSSR count). The molecule has 86 valence electrons. The van der Waals surface area contributed by atoms with Crippen molar-refractivity contribution in [1.82, 2.24) is 19.2 Å². The van der Waals surface area contributed by atoms with Crippen LogP contribution in [-0.2, 0) is 6.54 Å². The van der Waals surface area contributed by atoms with Gasteiger partial charge >= 0.3 is 0 Å². The number of rotatable bonds is 3. The summed E-state index contributed by atoms with van der Waals surface area (Å²) in [7, 11) is 0. The molecule has 0 aromatic carbocycles. The highest BCUT2D eigenvalue weighted by molar-refractivity contribution is 5.61. The summed E-state index contributed by atoms with van der Waals surface area (Å²) in [6, 6.07) is 5.98. The van der Waals surface area contributed by atoms with Crippen molar-refractivity contribution in [1.29, 1.82) is 0 Å². The van der Waals surface area contributed by atoms with Crippen LogP contribution in [-0.4, -0.2) is 30.9 Å². The van der Waals surface area contributed by atoms with Gasteiger partial charge in [0, 0.05) is 30.7 Å². The lowest BCUT2D eigenvalue weighted by Crippen LogP contribution is -1.97. The van der Waals surface area contributed by atoms with Crippen LogP contribution in [0.4, 0.5) is 0 Å². The van der Waals surface area contributed by atoms with Crippen molar-refractivity contribution in [2.24, 2.45) is 0 Å². The van der Waals surface area contributed by atoms with Crippen LogP contribution in [0, 0.1) is 0 Å². The van der Waals surface area contributed by atoms with E-state index in [0.717, 1.165) is 16.8 Å². The van der Waals surface area contributed by atoms with Crippen molar-refractivity contribution < 1.29 is 5.11 Å². The number of aliphatic hydroxyl groups is 1. The van der Waals surface area contributed by atoms with Crippen molar-refractivity contribution in [3.05, 3.63) is 43.1 Å². The van der Waals surface area contributed by atoms with Gasteiger partial charge in [0.2, 0.25) is 0 Å². The summed E-state index contributed by atoms with van der Waals surface area (Å²) in [6.07, 6.45) is 7.35. The zero-order valence-corrected chi connectivity index (χ0v) is 9.19. The third-order valence-electron chi connectivity index (χ3n) is 2.68. The Balaban J connectivity index is 2.00. The summed E-state index contributed by atoms with van der Waals surface area (Å²) in [5.41, 5.74) is 2.96. The lowest BCUT2D eigenvalue weighted by Gasteiger charge is -1.98. The zero-order valence-electron chi connectivity index (χ0n) is 9.19. The van der Waals surface area contributed by atoms with E-state index in [-0.39, 0.29) is 6.61 Å². The third kappa shape index (κ3) is 1.81. The summed E-state index contributed by atoms with van der Waals surface area (Å²) in [4.78, 5) is 4.31. The van der Waals surface area contributed by atoms with E-state index in [1.54, 1.807) is 12.5 Å². The molecule has 0 aliphatic rings. The van der Waals surface area contributed by atoms with Gasteiger partial charge in [-0.1, -0.05) is 0 Å². The van der Waals surface area contributed by atoms with Gasteiger partial charge in [-0.2, -0.15) is 5.10 Å². The van der Waals surface area contributed by atoms with Crippen LogP contribution in [0.25, 0.3) is 16.8 Å². The Morgan fingerprint density at radius 1 is 1.18 bits per heavy atom. The van der Waals surface area contributed by atoms with Gasteiger partial charge in [0.15, 0.2) is 0 Å². The van der Waals surface area contributed by atoms with Crippen molar-refractivity contribution in [3.63, 3.8) is 0 Å². The Bertz CT molecular complexity index is 641. The summed E-state index contributed by atoms with van der Waals surface area (Å²) >= 11 is 0. The normalized spacial score (nSPS) is 11.1. The van der Waals surface area contributed by atoms with Gasteiger partial charge < -0.3 is 9.67 Å². The minimum atomic E-state index is 0.119. The van der Waals surface area contributed by atoms with Crippen LogP contribution in [0.5, 0.6) is 0 Å². The molecule has 1 N–H and O–H groups in total. The minimum Gasteiger partial charge on any atom is -0.395 e. The summed E-state index contributed by atoms with van der Waals surface area (Å²) < 4.78 is 3.68. The van der Waals surface area contributed by atoms with Gasteiger partial charge in [-0.25, -0.2) is 9.50 Å². The first kappa shape index (κ1) is 10.0. The van der Waals surface area contributed by atoms with Gasteiger partial charge in [0.05, 0.1) is 24.1 Å². The molecule has 0 fully saturated rings. The van der Waals surface area contributed by atoms with E-state index in [4.69, 9.17) is 5.11 Å². The standard InChI is InChI=1S/C12H12N4O/c17-6-5-15-8-12(13-9-15)10-1-2-11-3-4-14-16(11)7-10/h1-4,7-9,17H,5-6H2. The largest absolute Gasteiger partial charge is 0.395 e. The molecule has 0 atom stereocenters. The predicted molar refractivity (Wildman–Crippen MR) is 63.5 cm³/mol. The molecule has 0 bridgehead atoms. The minimum absolute atomic E-state index is 0.119. The second-order valence-electron chi connectivity index (χ2n) is 3.84. The zero-order chi connectivity index (χ0) is 11.7. The maximum atomic E-state index is 8.85. The highest BCUT2D eigenvalue weighted by atomic mass is 16.3. The van der Waals surface area contributed by atoms with E-state index >= 15 is 0 Å². The molecular formula is C12H12N4O. The van der Waals surface area contributed by atoms with E-state index < -0.39 is 0 Å². The topological polar surface area (TPSA) is 55.3 Å². The second-order valence-corrected chi connectivity index (χ2v) is 3.84. The Morgan fingerprint density at radius 3 is 3.00 bits per heavy atom. The number of fused-ring (bicyclic) bond motifs is 1. The molecule has 17 heavy (non-hydrogen) atoms. The molecule has 0 radical (unpaired) electrons. The van der Waals surface area contributed by atoms with Crippen LogP contribution < -0.4 is 0 Å². The Morgan fingerprint density at radius 2 is 2.12 bits per heavy atom. The summed E-state index contributed by atoms with van der Waals surface area (Å²) in [5.74, 6) is 0. The van der Waals surface area contributed by atoms with Crippen molar-refractivity contribution >= 4 is 5.52 Å². The van der Waals surface area contributed by atoms with Crippen molar-refractivity contribution in [2.75, 3.05) is 6.61 Å². The van der Waals surface area contributed by atoms with Crippen molar-refractivity contribution in [2.45, 2.75) is 6.54 Å². The molecular weight excluding hydrogens is 216 g/mol. The lowest BCUT2D eigenvalue weighted by atomic mass is 10.2. The number of hydrogen-bond acceptors (Lipinski definition) is 3. The van der Waals surface area contributed by atoms with Crippen LogP contribution in [0.3, 0.4) is 0 Å². The molecule has 0 saturated carbocycles. The van der Waals surface area contributed by atoms with Gasteiger partial charge in [0.25, 0.3) is 0 Å². The second kappa shape index (κ2) is 4.03. The molecule has 5 heteroatoms. The maximum Gasteiger partial charge on any atom is 0.0954 e. The molecule has 5 nitrogen and oxygen atoms in total. The number of aromatic nitrogens is 4. The molecule has 3 aromatic heterocycles. The molecule has 0 unspecified atom stereocenters. The van der Waals surface area contributed by atoms with Gasteiger partial charge in [-0.15, -0.1) is 0 Å². The lowest BCUT2D eigenvalue weighted by molar-refractivity contribution is 0.276. The van der Waals surface area contributed by atoms with E-state index in [1.165, 1.54) is 0 Å². The van der Waals surface area contributed by atoms with Crippen molar-refractivity contribution in [3.8, 4) is 11.3 Å². The number of pyridine rings is 1. The quantitative estimate of drug-likeness (QED) is 0.732. The van der Waals surface area contributed by atoms with Crippen LogP contribution in [0.2, 0.25) is 0 Å². The fourth-order valence-electron chi connectivity index (χ4n) is 1.81. The Hall–Kier alpha value is -2.14. The van der Waals surface area contributed by atoms with E-state index in [2.05, 4.69) is 10.1 Å². The molecule has 3 heterocycles. The SMILES string of the molecule is OCCn1cnc(-c2ccc3ccnn3c2)c1. The van der Waals surface area contributed by atoms with E-state index in [0.29, 0.717) is 6.54 Å². The van der Waals surface area contributed by atoms with Crippen LogP contribution in [0.15, 0.2) is 43.1 Å². The number of hydrogen-bond donors (Lipinski definition) is 1. The molecule has 0 saturated heterocycles. The van der Waals surface area contributed by atoms with E-state index in [9.17, 15) is 0 Å². The fraction of sp³-hybridized carbons (Fsp3) is 0.167. The first-order chi connectivity index (χ1) is 8.36. The fourth-order valence-corrected chi connectivity index (χ4v) is 1.81. The first-order valence-electron chi connectivity index (χ1n) is 5.43. The van der Waals surface area contributed by atoms with Crippen LogP contribution in [0.1, 0.15) is 0 Å². The molecule has 0 spiro atoms. The maximum absolute atomic E-state index is 8.85. The first-order valence-corrected chi connectivity index (χ1v) is 5.43. The van der Waals surface area contributed by atoms with Gasteiger partial charge in [-0.3, -0.25) is 0 Å². The summed E-state index contributed by atoms with van der Waals surface area (Å²) in [5, 5.41) is 13.0. The van der Waals surface area contributed by atoms with E-state index in [1.807, 2.05) is 39.7 Å². The number of nitrogens with zero attached hydrogens (tertiary/aromatic N) is 4. The monoisotopic (exact) mass is 228 g/mol. The average molecular weight is 228 g/mol. The predicted octanol–water partition coefficient (Wildman–Crippen LogP) is 1.19. The number of aliphatic hydroxyl groups excluding tert-OH is 1. The average Bonchev–Trinajstić information content (AvgIpc) is 2.96. The number of imidazole rings is 1. The van der Waals surface area contributed by atoms with Gasteiger partial charge in [-0.05, 0) is 18.2 Å². The summed E-state index contributed by atoms with van der Waals surface area (Å²) in [6.45, 7) is 0.686. The Kier molecular flexibility index (Phi) is 2.38. The Labute approximate surface area is 98.0 Å². The third-order valence-corrected chi connectivity index (χ3v) is 2.68. The van der Waals surface area contributed by atoms with Crippen LogP contribution >= 0.6 is 0 Å². The molecule has 0 aliphatic carbocycles. The molecule has 3 aromatic rings. The molecule has 0 aliphatic heterocycles. The van der Waals surface area contributed by atoms with Gasteiger partial charge in [0.1, 0.15) is 0 Å². The molecule has 0 amide bonds. The smallest absolute Gasteiger partial charge is 0.0954 e.